The van der Waals surface area contributed by atoms with E-state index < -0.39 is 19.1 Å². The molecule has 1 aromatic rings. The van der Waals surface area contributed by atoms with Crippen LogP contribution in [0.3, 0.4) is 0 Å². The Morgan fingerprint density at radius 2 is 1.90 bits per heavy atom. The Morgan fingerprint density at radius 1 is 1.24 bits per heavy atom. The zero-order valence-corrected chi connectivity index (χ0v) is 11.9. The van der Waals surface area contributed by atoms with Crippen molar-refractivity contribution in [3.63, 3.8) is 0 Å². The van der Waals surface area contributed by atoms with Gasteiger partial charge in [-0.1, -0.05) is 18.2 Å². The third kappa shape index (κ3) is 4.64. The summed E-state index contributed by atoms with van der Waals surface area (Å²) in [6, 6.07) is 7.34. The van der Waals surface area contributed by atoms with E-state index in [0.29, 0.717) is 5.75 Å². The van der Waals surface area contributed by atoms with Crippen molar-refractivity contribution in [2.45, 2.75) is 0 Å². The molecule has 0 amide bonds. The van der Waals surface area contributed by atoms with Crippen LogP contribution in [0.4, 0.5) is 0 Å². The first kappa shape index (κ1) is 15.1. The van der Waals surface area contributed by atoms with Gasteiger partial charge in [-0.25, -0.2) is 0 Å². The molecular formula is C14H16BNO5. The normalized spacial score (nSPS) is 17.1. The minimum atomic E-state index is -1.01. The average molecular weight is 289 g/mol. The number of hydrogen-bond acceptors (Lipinski definition) is 6. The number of rotatable bonds is 3. The van der Waals surface area contributed by atoms with E-state index in [0.717, 1.165) is 5.56 Å². The van der Waals surface area contributed by atoms with Crippen LogP contribution in [0.5, 0.6) is 5.75 Å². The third-order valence-electron chi connectivity index (χ3n) is 2.83. The molecule has 1 aromatic carbocycles. The summed E-state index contributed by atoms with van der Waals surface area (Å²) in [5.41, 5.74) is 0.848. The Labute approximate surface area is 123 Å². The smallest absolute Gasteiger partial charge is 0.497 e. The van der Waals surface area contributed by atoms with E-state index in [1.807, 2.05) is 24.3 Å². The van der Waals surface area contributed by atoms with Crippen LogP contribution in [-0.2, 0) is 18.9 Å². The van der Waals surface area contributed by atoms with Gasteiger partial charge in [0.05, 0.1) is 20.2 Å². The van der Waals surface area contributed by atoms with E-state index in [2.05, 4.69) is 0 Å². The lowest BCUT2D eigenvalue weighted by molar-refractivity contribution is -0.145. The standard InChI is InChI=1S/C14H16BNO5/c1-16-9-13(17)20-15(21-14(18)10-16)7-6-11-4-3-5-12(8-11)19-2/h3-8H,9-10H2,1-2H3/b7-6+. The van der Waals surface area contributed by atoms with E-state index in [1.54, 1.807) is 20.2 Å². The Balaban J connectivity index is 2.07. The molecular weight excluding hydrogens is 273 g/mol. The SMILES string of the molecule is COc1cccc(/C=C/B2OC(=O)CN(C)CC(=O)O2)c1. The van der Waals surface area contributed by atoms with E-state index in [1.165, 1.54) is 10.9 Å². The van der Waals surface area contributed by atoms with Crippen molar-refractivity contribution in [1.82, 2.24) is 4.90 Å². The van der Waals surface area contributed by atoms with E-state index in [4.69, 9.17) is 14.0 Å². The van der Waals surface area contributed by atoms with Crippen LogP contribution in [-0.4, -0.2) is 51.2 Å². The second-order valence-corrected chi connectivity index (χ2v) is 4.66. The topological polar surface area (TPSA) is 65.1 Å². The van der Waals surface area contributed by atoms with Crippen LogP contribution >= 0.6 is 0 Å². The van der Waals surface area contributed by atoms with E-state index in [-0.39, 0.29) is 13.1 Å². The highest BCUT2D eigenvalue weighted by Gasteiger charge is 2.29. The first-order chi connectivity index (χ1) is 10.1. The molecule has 0 aliphatic carbocycles. The predicted molar refractivity (Wildman–Crippen MR) is 77.5 cm³/mol. The van der Waals surface area contributed by atoms with Crippen molar-refractivity contribution in [1.29, 1.82) is 0 Å². The monoisotopic (exact) mass is 289 g/mol. The quantitative estimate of drug-likeness (QED) is 0.766. The van der Waals surface area contributed by atoms with E-state index in [9.17, 15) is 9.59 Å². The number of ether oxygens (including phenoxy) is 1. The maximum atomic E-state index is 11.6. The highest BCUT2D eigenvalue weighted by molar-refractivity contribution is 6.55. The largest absolute Gasteiger partial charge is 0.628 e. The molecule has 0 aromatic heterocycles. The number of methoxy groups -OCH3 is 1. The summed E-state index contributed by atoms with van der Waals surface area (Å²) in [7, 11) is 2.22. The lowest BCUT2D eigenvalue weighted by atomic mass is 9.88. The van der Waals surface area contributed by atoms with Gasteiger partial charge >= 0.3 is 19.1 Å². The molecule has 0 N–H and O–H groups in total. The lowest BCUT2D eigenvalue weighted by Gasteiger charge is -2.21. The lowest BCUT2D eigenvalue weighted by Crippen LogP contribution is -2.41. The molecule has 0 saturated carbocycles. The maximum absolute atomic E-state index is 11.6. The fourth-order valence-corrected chi connectivity index (χ4v) is 1.87. The Bertz CT molecular complexity index is 540. The zero-order valence-electron chi connectivity index (χ0n) is 11.9. The number of carbonyl (C=O) groups is 2. The fraction of sp³-hybridized carbons (Fsp3) is 0.286. The van der Waals surface area contributed by atoms with Gasteiger partial charge in [-0.2, -0.15) is 0 Å². The molecule has 2 rings (SSSR count). The predicted octanol–water partition coefficient (Wildman–Crippen LogP) is 0.768. The number of hydrogen-bond donors (Lipinski definition) is 0. The van der Waals surface area contributed by atoms with Gasteiger partial charge in [-0.05, 0) is 30.7 Å². The van der Waals surface area contributed by atoms with Crippen molar-refractivity contribution in [2.75, 3.05) is 27.2 Å². The first-order valence-corrected chi connectivity index (χ1v) is 6.46. The molecule has 1 aliphatic heterocycles. The summed E-state index contributed by atoms with van der Waals surface area (Å²) in [4.78, 5) is 24.7. The molecule has 1 aliphatic rings. The summed E-state index contributed by atoms with van der Waals surface area (Å²) in [5.74, 6) is 1.36. The van der Waals surface area contributed by atoms with Crippen molar-refractivity contribution in [3.05, 3.63) is 35.8 Å². The second-order valence-electron chi connectivity index (χ2n) is 4.66. The molecule has 0 bridgehead atoms. The third-order valence-corrected chi connectivity index (χ3v) is 2.83. The van der Waals surface area contributed by atoms with Crippen LogP contribution in [0.2, 0.25) is 0 Å². The van der Waals surface area contributed by atoms with Gasteiger partial charge in [0.1, 0.15) is 5.75 Å². The number of nitrogens with zero attached hydrogens (tertiary/aromatic N) is 1. The molecule has 1 fully saturated rings. The first-order valence-electron chi connectivity index (χ1n) is 6.46. The maximum Gasteiger partial charge on any atom is 0.628 e. The molecule has 6 nitrogen and oxygen atoms in total. The molecule has 21 heavy (non-hydrogen) atoms. The minimum absolute atomic E-state index is 0.0542. The zero-order chi connectivity index (χ0) is 15.2. The summed E-state index contributed by atoms with van der Waals surface area (Å²) < 4.78 is 15.3. The molecule has 7 heteroatoms. The van der Waals surface area contributed by atoms with Gasteiger partial charge < -0.3 is 14.0 Å². The number of benzene rings is 1. The molecule has 0 atom stereocenters. The minimum Gasteiger partial charge on any atom is -0.497 e. The van der Waals surface area contributed by atoms with Crippen molar-refractivity contribution in [2.24, 2.45) is 0 Å². The van der Waals surface area contributed by atoms with Gasteiger partial charge in [0.15, 0.2) is 0 Å². The van der Waals surface area contributed by atoms with Crippen LogP contribution in [0.1, 0.15) is 5.56 Å². The molecule has 0 radical (unpaired) electrons. The Morgan fingerprint density at radius 3 is 2.52 bits per heavy atom. The molecule has 110 valence electrons. The number of likely N-dealkylation sites (N-methyl/N-ethyl adjacent to an activating group) is 1. The fourth-order valence-electron chi connectivity index (χ4n) is 1.87. The summed E-state index contributed by atoms with van der Waals surface area (Å²) in [6.07, 6.45) is 1.71. The van der Waals surface area contributed by atoms with Crippen molar-refractivity contribution in [3.8, 4) is 5.75 Å². The van der Waals surface area contributed by atoms with Crippen LogP contribution in [0.25, 0.3) is 6.08 Å². The second kappa shape index (κ2) is 6.94. The van der Waals surface area contributed by atoms with E-state index >= 15 is 0 Å². The number of carbonyl (C=O) groups excluding carboxylic acids is 2. The summed E-state index contributed by atoms with van der Waals surface area (Å²) >= 11 is 0. The van der Waals surface area contributed by atoms with Gasteiger partial charge in [0, 0.05) is 0 Å². The molecule has 1 heterocycles. The van der Waals surface area contributed by atoms with Gasteiger partial charge in [0.25, 0.3) is 0 Å². The van der Waals surface area contributed by atoms with Gasteiger partial charge in [-0.3, -0.25) is 14.5 Å². The summed E-state index contributed by atoms with van der Waals surface area (Å²) in [6.45, 7) is 0.108. The van der Waals surface area contributed by atoms with Crippen molar-refractivity contribution >= 4 is 25.1 Å². The van der Waals surface area contributed by atoms with Crippen LogP contribution in [0.15, 0.2) is 30.2 Å². The average Bonchev–Trinajstić information content (AvgIpc) is 2.43. The molecule has 0 spiro atoms. The molecule has 0 unspecified atom stereocenters. The Hall–Kier alpha value is -2.28. The van der Waals surface area contributed by atoms with Crippen LogP contribution < -0.4 is 4.74 Å². The highest BCUT2D eigenvalue weighted by Crippen LogP contribution is 2.14. The van der Waals surface area contributed by atoms with Crippen LogP contribution in [0, 0.1) is 0 Å². The summed E-state index contributed by atoms with van der Waals surface area (Å²) in [5, 5.41) is 0. The van der Waals surface area contributed by atoms with Gasteiger partial charge in [0.2, 0.25) is 0 Å². The van der Waals surface area contributed by atoms with Gasteiger partial charge in [-0.15, -0.1) is 0 Å². The Kier molecular flexibility index (Phi) is 5.00. The molecule has 1 saturated heterocycles. The van der Waals surface area contributed by atoms with Crippen molar-refractivity contribution < 1.29 is 23.6 Å². The highest BCUT2D eigenvalue weighted by atomic mass is 16.6.